The van der Waals surface area contributed by atoms with Gasteiger partial charge in [0.15, 0.2) is 0 Å². The van der Waals surface area contributed by atoms with Crippen LogP contribution in [0.15, 0.2) is 90.5 Å². The Kier molecular flexibility index (Phi) is 7.28. The van der Waals surface area contributed by atoms with E-state index >= 15 is 0 Å². The van der Waals surface area contributed by atoms with Crippen molar-refractivity contribution in [2.24, 2.45) is 0 Å². The number of rotatable bonds is 6. The first-order chi connectivity index (χ1) is 16.0. The van der Waals surface area contributed by atoms with Gasteiger partial charge in [0, 0.05) is 25.4 Å². The monoisotopic (exact) mass is 564 g/mol. The van der Waals surface area contributed by atoms with E-state index in [1.807, 2.05) is 84.9 Å². The fourth-order valence-electron chi connectivity index (χ4n) is 3.38. The minimum Gasteiger partial charge on any atom is -0.488 e. The molecule has 33 heavy (non-hydrogen) atoms. The third-order valence-electron chi connectivity index (χ3n) is 5.01. The Balaban J connectivity index is 1.71. The van der Waals surface area contributed by atoms with Crippen molar-refractivity contribution in [3.8, 4) is 11.8 Å². The van der Waals surface area contributed by atoms with Crippen LogP contribution in [0.2, 0.25) is 5.02 Å². The Morgan fingerprint density at radius 2 is 1.82 bits per heavy atom. The van der Waals surface area contributed by atoms with Crippen molar-refractivity contribution in [3.05, 3.63) is 110 Å². The molecule has 1 amide bonds. The maximum atomic E-state index is 12.9. The summed E-state index contributed by atoms with van der Waals surface area (Å²) in [5, 5.41) is 15.0. The normalized spacial score (nSPS) is 11.1. The van der Waals surface area contributed by atoms with Gasteiger partial charge in [0.1, 0.15) is 24.0 Å². The van der Waals surface area contributed by atoms with Crippen LogP contribution >= 0.6 is 34.2 Å². The van der Waals surface area contributed by atoms with Crippen molar-refractivity contribution in [2.75, 3.05) is 5.32 Å². The van der Waals surface area contributed by atoms with Gasteiger partial charge in [-0.25, -0.2) is 0 Å². The first-order valence-electron chi connectivity index (χ1n) is 10.1. The second kappa shape index (κ2) is 10.5. The number of amides is 1. The smallest absolute Gasteiger partial charge is 0.266 e. The molecule has 0 radical (unpaired) electrons. The van der Waals surface area contributed by atoms with Gasteiger partial charge in [0.05, 0.1) is 0 Å². The first-order valence-corrected chi connectivity index (χ1v) is 11.6. The van der Waals surface area contributed by atoms with Crippen molar-refractivity contribution >= 4 is 62.6 Å². The highest BCUT2D eigenvalue weighted by Gasteiger charge is 2.14. The summed E-state index contributed by atoms with van der Waals surface area (Å²) >= 11 is 8.44. The molecule has 0 aromatic heterocycles. The number of anilines is 1. The molecule has 0 spiro atoms. The quantitative estimate of drug-likeness (QED) is 0.153. The summed E-state index contributed by atoms with van der Waals surface area (Å²) in [7, 11) is 0. The van der Waals surface area contributed by atoms with Crippen molar-refractivity contribution in [1.29, 1.82) is 5.26 Å². The van der Waals surface area contributed by atoms with Crippen LogP contribution < -0.4 is 10.1 Å². The molecule has 6 heteroatoms. The molecule has 0 saturated carbocycles. The topological polar surface area (TPSA) is 62.1 Å². The third kappa shape index (κ3) is 5.54. The molecule has 0 aliphatic rings. The average Bonchev–Trinajstić information content (AvgIpc) is 2.82. The molecule has 162 valence electrons. The molecular weight excluding hydrogens is 547 g/mol. The molecular formula is C27H18ClIN2O2. The zero-order valence-electron chi connectivity index (χ0n) is 17.4. The van der Waals surface area contributed by atoms with Crippen LogP contribution in [0.1, 0.15) is 11.1 Å². The van der Waals surface area contributed by atoms with E-state index in [0.717, 1.165) is 19.9 Å². The maximum Gasteiger partial charge on any atom is 0.266 e. The number of ether oxygens (including phenoxy) is 1. The molecule has 0 unspecified atom stereocenters. The lowest BCUT2D eigenvalue weighted by atomic mass is 10.0. The zero-order valence-corrected chi connectivity index (χ0v) is 20.3. The van der Waals surface area contributed by atoms with E-state index in [9.17, 15) is 10.1 Å². The van der Waals surface area contributed by atoms with Gasteiger partial charge >= 0.3 is 0 Å². The molecule has 0 aliphatic carbocycles. The second-order valence-electron chi connectivity index (χ2n) is 7.21. The van der Waals surface area contributed by atoms with E-state index in [4.69, 9.17) is 16.3 Å². The fourth-order valence-corrected chi connectivity index (χ4v) is 4.11. The number of hydrogen-bond donors (Lipinski definition) is 1. The lowest BCUT2D eigenvalue weighted by molar-refractivity contribution is -0.112. The molecule has 0 saturated heterocycles. The highest BCUT2D eigenvalue weighted by atomic mass is 127. The molecule has 4 aromatic rings. The predicted octanol–water partition coefficient (Wildman–Crippen LogP) is 7.22. The minimum atomic E-state index is -0.482. The second-order valence-corrected chi connectivity index (χ2v) is 8.87. The minimum absolute atomic E-state index is 0.0205. The van der Waals surface area contributed by atoms with Crippen LogP contribution in [-0.2, 0) is 11.4 Å². The van der Waals surface area contributed by atoms with E-state index in [-0.39, 0.29) is 12.2 Å². The Morgan fingerprint density at radius 1 is 1.03 bits per heavy atom. The average molecular weight is 565 g/mol. The summed E-state index contributed by atoms with van der Waals surface area (Å²) in [5.74, 6) is 0.0768. The summed E-state index contributed by atoms with van der Waals surface area (Å²) in [6.45, 7) is 0.259. The van der Waals surface area contributed by atoms with E-state index in [0.29, 0.717) is 22.0 Å². The van der Waals surface area contributed by atoms with Gasteiger partial charge in [0.2, 0.25) is 0 Å². The van der Waals surface area contributed by atoms with Gasteiger partial charge in [-0.3, -0.25) is 4.79 Å². The molecule has 0 atom stereocenters. The van der Waals surface area contributed by atoms with E-state index in [1.165, 1.54) is 0 Å². The van der Waals surface area contributed by atoms with Crippen LogP contribution in [0.25, 0.3) is 16.8 Å². The first kappa shape index (κ1) is 22.8. The number of fused-ring (bicyclic) bond motifs is 1. The van der Waals surface area contributed by atoms with Gasteiger partial charge in [-0.1, -0.05) is 66.2 Å². The van der Waals surface area contributed by atoms with Gasteiger partial charge in [-0.2, -0.15) is 5.26 Å². The highest BCUT2D eigenvalue weighted by Crippen LogP contribution is 2.31. The van der Waals surface area contributed by atoms with Crippen LogP contribution in [0, 0.1) is 14.9 Å². The number of benzene rings is 4. The molecule has 1 N–H and O–H groups in total. The summed E-state index contributed by atoms with van der Waals surface area (Å²) in [6.07, 6.45) is 1.58. The predicted molar refractivity (Wildman–Crippen MR) is 141 cm³/mol. The van der Waals surface area contributed by atoms with E-state index < -0.39 is 5.91 Å². The highest BCUT2D eigenvalue weighted by molar-refractivity contribution is 14.1. The summed E-state index contributed by atoms with van der Waals surface area (Å²) in [4.78, 5) is 12.9. The van der Waals surface area contributed by atoms with Gasteiger partial charge < -0.3 is 10.1 Å². The summed E-state index contributed by atoms with van der Waals surface area (Å²) in [5.41, 5.74) is 2.11. The third-order valence-corrected chi connectivity index (χ3v) is 6.05. The van der Waals surface area contributed by atoms with Crippen LogP contribution in [0.3, 0.4) is 0 Å². The number of nitrogens with zero attached hydrogens (tertiary/aromatic N) is 1. The Labute approximate surface area is 210 Å². The summed E-state index contributed by atoms with van der Waals surface area (Å²) in [6, 6.07) is 28.5. The number of hydrogen-bond acceptors (Lipinski definition) is 3. The van der Waals surface area contributed by atoms with Crippen LogP contribution in [-0.4, -0.2) is 5.91 Å². The molecule has 0 aliphatic heterocycles. The lowest BCUT2D eigenvalue weighted by Gasteiger charge is -2.13. The Bertz CT molecular complexity index is 1410. The fraction of sp³-hybridized carbons (Fsp3) is 0.0370. The van der Waals surface area contributed by atoms with Crippen molar-refractivity contribution in [3.63, 3.8) is 0 Å². The standard InChI is InChI=1S/C27H18ClIN2O2/c28-25-11-4-2-7-19(25)17-33-26-13-12-18-6-1-3-10-23(18)24(26)14-20(16-30)27(32)31-22-9-5-8-21(29)15-22/h1-15H,17H2,(H,31,32)/b20-14+. The van der Waals surface area contributed by atoms with Crippen molar-refractivity contribution < 1.29 is 9.53 Å². The molecule has 4 aromatic carbocycles. The number of carbonyl (C=O) groups is 1. The number of nitriles is 1. The Hall–Kier alpha value is -3.34. The zero-order chi connectivity index (χ0) is 23.2. The number of halogens is 2. The lowest BCUT2D eigenvalue weighted by Crippen LogP contribution is -2.13. The van der Waals surface area contributed by atoms with Crippen molar-refractivity contribution in [2.45, 2.75) is 6.61 Å². The molecule has 0 bridgehead atoms. The van der Waals surface area contributed by atoms with Crippen molar-refractivity contribution in [1.82, 2.24) is 0 Å². The SMILES string of the molecule is N#C/C(=C\c1c(OCc2ccccc2Cl)ccc2ccccc12)C(=O)Nc1cccc(I)c1. The van der Waals surface area contributed by atoms with Gasteiger partial charge in [0.25, 0.3) is 5.91 Å². The van der Waals surface area contributed by atoms with E-state index in [1.54, 1.807) is 12.1 Å². The Morgan fingerprint density at radius 3 is 2.61 bits per heavy atom. The summed E-state index contributed by atoms with van der Waals surface area (Å²) < 4.78 is 7.08. The molecule has 4 rings (SSSR count). The number of nitrogens with one attached hydrogen (secondary N) is 1. The molecule has 4 nitrogen and oxygen atoms in total. The van der Waals surface area contributed by atoms with Gasteiger partial charge in [-0.15, -0.1) is 0 Å². The number of carbonyl (C=O) groups excluding carboxylic acids is 1. The molecule has 0 fully saturated rings. The van der Waals surface area contributed by atoms with Gasteiger partial charge in [-0.05, 0) is 69.8 Å². The molecule has 0 heterocycles. The largest absolute Gasteiger partial charge is 0.488 e. The van der Waals surface area contributed by atoms with Crippen LogP contribution in [0.5, 0.6) is 5.75 Å². The van der Waals surface area contributed by atoms with E-state index in [2.05, 4.69) is 27.9 Å². The maximum absolute atomic E-state index is 12.9. The van der Waals surface area contributed by atoms with Crippen LogP contribution in [0.4, 0.5) is 5.69 Å².